The van der Waals surface area contributed by atoms with Crippen LogP contribution >= 0.6 is 0 Å². The van der Waals surface area contributed by atoms with Crippen molar-refractivity contribution < 1.29 is 14.1 Å². The van der Waals surface area contributed by atoms with E-state index in [2.05, 4.69) is 20.0 Å². The lowest BCUT2D eigenvalue weighted by atomic mass is 10.2. The van der Waals surface area contributed by atoms with Gasteiger partial charge in [0, 0.05) is 6.54 Å². The fraction of sp³-hybridized carbons (Fsp3) is 0.600. The number of rotatable bonds is 5. The number of carbonyl (C=O) groups excluding carboxylic acids is 2. The van der Waals surface area contributed by atoms with Crippen LogP contribution in [-0.4, -0.2) is 39.4 Å². The maximum absolute atomic E-state index is 11.8. The largest absolute Gasteiger partial charge is 0.343 e. The molecule has 0 aromatic carbocycles. The van der Waals surface area contributed by atoms with Crippen LogP contribution in [0.2, 0.25) is 0 Å². The van der Waals surface area contributed by atoms with Crippen LogP contribution in [-0.2, 0) is 16.1 Å². The van der Waals surface area contributed by atoms with Crippen LogP contribution in [0.25, 0.3) is 0 Å². The molecule has 17 heavy (non-hydrogen) atoms. The van der Waals surface area contributed by atoms with E-state index in [1.54, 1.807) is 0 Å². The minimum absolute atomic E-state index is 0.123. The highest BCUT2D eigenvalue weighted by atomic mass is 16.5. The Bertz CT molecular complexity index is 404. The summed E-state index contributed by atoms with van der Waals surface area (Å²) in [5.41, 5.74) is 0. The topological polar surface area (TPSA) is 88.3 Å². The van der Waals surface area contributed by atoms with Gasteiger partial charge in [0.05, 0.1) is 19.0 Å². The molecule has 1 unspecified atom stereocenters. The fourth-order valence-electron chi connectivity index (χ4n) is 1.79. The molecule has 92 valence electrons. The van der Waals surface area contributed by atoms with Crippen molar-refractivity contribution in [2.24, 2.45) is 0 Å². The molecule has 1 aromatic heterocycles. The lowest BCUT2D eigenvalue weighted by Gasteiger charge is -2.13. The van der Waals surface area contributed by atoms with Crippen LogP contribution in [0.1, 0.15) is 25.6 Å². The summed E-state index contributed by atoms with van der Waals surface area (Å²) in [5, 5.41) is 6.57. The van der Waals surface area contributed by atoms with Gasteiger partial charge in [0.15, 0.2) is 5.82 Å². The number of carbonyl (C=O) groups is 2. The summed E-state index contributed by atoms with van der Waals surface area (Å²) in [7, 11) is 0. The predicted octanol–water partition coefficient (Wildman–Crippen LogP) is -0.303. The van der Waals surface area contributed by atoms with Gasteiger partial charge in [-0.25, -0.2) is 0 Å². The third kappa shape index (κ3) is 2.50. The predicted molar refractivity (Wildman–Crippen MR) is 56.6 cm³/mol. The Morgan fingerprint density at radius 1 is 1.59 bits per heavy atom. The van der Waals surface area contributed by atoms with E-state index in [0.717, 1.165) is 6.42 Å². The summed E-state index contributed by atoms with van der Waals surface area (Å²) in [6, 6.07) is -0.465. The van der Waals surface area contributed by atoms with Gasteiger partial charge in [-0.2, -0.15) is 4.98 Å². The summed E-state index contributed by atoms with van der Waals surface area (Å²) in [6.45, 7) is 2.73. The van der Waals surface area contributed by atoms with Crippen LogP contribution in [0, 0.1) is 0 Å². The molecule has 1 N–H and O–H groups in total. The molecule has 1 saturated heterocycles. The average Bonchev–Trinajstić information content (AvgIpc) is 2.90. The van der Waals surface area contributed by atoms with Gasteiger partial charge < -0.3 is 4.52 Å². The molecule has 7 heteroatoms. The van der Waals surface area contributed by atoms with Gasteiger partial charge in [-0.05, 0) is 6.42 Å². The van der Waals surface area contributed by atoms with Crippen LogP contribution in [0.5, 0.6) is 0 Å². The normalized spacial score (nSPS) is 20.3. The third-order valence-corrected chi connectivity index (χ3v) is 2.60. The maximum Gasteiger partial charge on any atom is 0.246 e. The third-order valence-electron chi connectivity index (χ3n) is 2.60. The molecule has 2 heterocycles. The van der Waals surface area contributed by atoms with Crippen molar-refractivity contribution in [3.63, 3.8) is 0 Å². The molecular weight excluding hydrogens is 224 g/mol. The van der Waals surface area contributed by atoms with Crippen LogP contribution < -0.4 is 5.32 Å². The van der Waals surface area contributed by atoms with E-state index in [9.17, 15) is 9.59 Å². The Balaban J connectivity index is 1.90. The molecule has 1 aliphatic rings. The Morgan fingerprint density at radius 3 is 3.06 bits per heavy atom. The number of likely N-dealkylation sites (tertiary alicyclic amines) is 1. The van der Waals surface area contributed by atoms with Crippen LogP contribution in [0.3, 0.4) is 0 Å². The zero-order valence-corrected chi connectivity index (χ0v) is 9.55. The Labute approximate surface area is 98.2 Å². The van der Waals surface area contributed by atoms with E-state index >= 15 is 0 Å². The first-order valence-corrected chi connectivity index (χ1v) is 5.55. The number of nitrogens with zero attached hydrogens (tertiary/aromatic N) is 3. The second-order valence-electron chi connectivity index (χ2n) is 3.87. The van der Waals surface area contributed by atoms with Gasteiger partial charge in [0.25, 0.3) is 0 Å². The highest BCUT2D eigenvalue weighted by Gasteiger charge is 2.37. The number of nitrogens with one attached hydrogen (secondary N) is 1. The molecule has 0 bridgehead atoms. The van der Waals surface area contributed by atoms with Crippen molar-refractivity contribution in [2.45, 2.75) is 32.4 Å². The number of amides is 2. The van der Waals surface area contributed by atoms with Crippen molar-refractivity contribution in [3.05, 3.63) is 12.2 Å². The first-order chi connectivity index (χ1) is 8.22. The van der Waals surface area contributed by atoms with Gasteiger partial charge in [-0.15, -0.1) is 0 Å². The molecule has 0 saturated carbocycles. The quantitative estimate of drug-likeness (QED) is 0.708. The van der Waals surface area contributed by atoms with E-state index in [4.69, 9.17) is 0 Å². The van der Waals surface area contributed by atoms with Gasteiger partial charge in [0.2, 0.25) is 18.2 Å². The number of imide groups is 1. The smallest absolute Gasteiger partial charge is 0.246 e. The van der Waals surface area contributed by atoms with E-state index in [-0.39, 0.29) is 18.2 Å². The van der Waals surface area contributed by atoms with E-state index in [0.29, 0.717) is 18.9 Å². The molecule has 1 atom stereocenters. The van der Waals surface area contributed by atoms with E-state index < -0.39 is 6.04 Å². The molecular formula is C10H14N4O3. The standard InChI is InChI=1S/C10H14N4O3/c1-2-3-14-9(15)4-7(10(14)16)11-5-8-12-6-17-13-8/h6-7,11H,2-5H2,1H3. The molecule has 2 rings (SSSR count). The highest BCUT2D eigenvalue weighted by Crippen LogP contribution is 2.13. The summed E-state index contributed by atoms with van der Waals surface area (Å²) in [6.07, 6.45) is 2.20. The lowest BCUT2D eigenvalue weighted by Crippen LogP contribution is -2.38. The van der Waals surface area contributed by atoms with E-state index in [1.807, 2.05) is 6.92 Å². The van der Waals surface area contributed by atoms with Gasteiger partial charge in [-0.3, -0.25) is 19.8 Å². The zero-order valence-electron chi connectivity index (χ0n) is 9.55. The minimum Gasteiger partial charge on any atom is -0.343 e. The van der Waals surface area contributed by atoms with Crippen molar-refractivity contribution in [1.82, 2.24) is 20.4 Å². The highest BCUT2D eigenvalue weighted by molar-refractivity contribution is 6.05. The summed E-state index contributed by atoms with van der Waals surface area (Å²) in [5.74, 6) is 0.182. The first kappa shape index (κ1) is 11.7. The molecule has 7 nitrogen and oxygen atoms in total. The minimum atomic E-state index is -0.465. The maximum atomic E-state index is 11.8. The summed E-state index contributed by atoms with van der Waals surface area (Å²) >= 11 is 0. The zero-order chi connectivity index (χ0) is 12.3. The molecule has 1 fully saturated rings. The van der Waals surface area contributed by atoms with Crippen molar-refractivity contribution in [3.8, 4) is 0 Å². The molecule has 2 amide bonds. The second-order valence-corrected chi connectivity index (χ2v) is 3.87. The number of aromatic nitrogens is 2. The van der Waals surface area contributed by atoms with Gasteiger partial charge in [-0.1, -0.05) is 12.1 Å². The Hall–Kier alpha value is -1.76. The Kier molecular flexibility index (Phi) is 3.48. The molecule has 0 radical (unpaired) electrons. The number of hydrogen-bond donors (Lipinski definition) is 1. The lowest BCUT2D eigenvalue weighted by molar-refractivity contribution is -0.138. The van der Waals surface area contributed by atoms with Crippen molar-refractivity contribution in [1.29, 1.82) is 0 Å². The summed E-state index contributed by atoms with van der Waals surface area (Å²) in [4.78, 5) is 28.5. The second kappa shape index (κ2) is 5.05. The van der Waals surface area contributed by atoms with Gasteiger partial charge >= 0.3 is 0 Å². The number of hydrogen-bond acceptors (Lipinski definition) is 6. The van der Waals surface area contributed by atoms with Crippen molar-refractivity contribution >= 4 is 11.8 Å². The fourth-order valence-corrected chi connectivity index (χ4v) is 1.79. The monoisotopic (exact) mass is 238 g/mol. The molecule has 1 aromatic rings. The van der Waals surface area contributed by atoms with Gasteiger partial charge in [0.1, 0.15) is 0 Å². The molecule has 1 aliphatic heterocycles. The Morgan fingerprint density at radius 2 is 2.41 bits per heavy atom. The first-order valence-electron chi connectivity index (χ1n) is 5.55. The summed E-state index contributed by atoms with van der Waals surface area (Å²) < 4.78 is 4.57. The molecule has 0 aliphatic carbocycles. The molecule has 0 spiro atoms. The van der Waals surface area contributed by atoms with Crippen LogP contribution in [0.15, 0.2) is 10.9 Å². The average molecular weight is 238 g/mol. The van der Waals surface area contributed by atoms with Crippen LogP contribution in [0.4, 0.5) is 0 Å². The SMILES string of the molecule is CCCN1C(=O)CC(NCc2ncon2)C1=O. The van der Waals surface area contributed by atoms with Crippen molar-refractivity contribution in [2.75, 3.05) is 6.54 Å². The van der Waals surface area contributed by atoms with E-state index in [1.165, 1.54) is 11.3 Å².